The number of hydrogen-bond donors (Lipinski definition) is 3. The molecule has 0 bridgehead atoms. The third-order valence-corrected chi connectivity index (χ3v) is 10.9. The van der Waals surface area contributed by atoms with Crippen molar-refractivity contribution in [2.45, 2.75) is 63.3 Å². The number of ketones is 1. The number of hydrogen-bond acceptors (Lipinski definition) is 7. The summed E-state index contributed by atoms with van der Waals surface area (Å²) < 4.78 is 28.9. The van der Waals surface area contributed by atoms with Gasteiger partial charge in [-0.2, -0.15) is 0 Å². The molecule has 0 aromatic heterocycles. The highest BCUT2D eigenvalue weighted by atomic mass is 35.5. The molecule has 0 unspecified atom stereocenters. The molecular weight excluding hydrogens is 579 g/mol. The lowest BCUT2D eigenvalue weighted by Crippen LogP contribution is -2.69. The minimum atomic E-state index is -2.12. The molecule has 4 aliphatic rings. The largest absolute Gasteiger partial charge is 0.506 e. The van der Waals surface area contributed by atoms with Crippen LogP contribution in [0.1, 0.15) is 56.3 Å². The first-order valence-corrected chi connectivity index (χ1v) is 14.7. The number of carbonyl (C=O) groups excluding carboxylic acids is 2. The van der Waals surface area contributed by atoms with Crippen LogP contribution in [0.2, 0.25) is 5.02 Å². The molecule has 0 spiro atoms. The van der Waals surface area contributed by atoms with Crippen LogP contribution < -0.4 is 4.74 Å². The van der Waals surface area contributed by atoms with Crippen molar-refractivity contribution in [3.63, 3.8) is 0 Å². The van der Waals surface area contributed by atoms with Crippen molar-refractivity contribution in [3.8, 4) is 17.2 Å². The number of benzene rings is 2. The maximum Gasteiger partial charge on any atom is 0.348 e. The van der Waals surface area contributed by atoms with Gasteiger partial charge >= 0.3 is 11.9 Å². The van der Waals surface area contributed by atoms with Crippen LogP contribution in [0.5, 0.6) is 17.2 Å². The van der Waals surface area contributed by atoms with Gasteiger partial charge in [-0.15, -0.1) is 0 Å². The number of aliphatic carboxylic acids is 1. The quantitative estimate of drug-likeness (QED) is 0.342. The molecule has 226 valence electrons. The van der Waals surface area contributed by atoms with Crippen LogP contribution in [0, 0.1) is 22.7 Å². The van der Waals surface area contributed by atoms with E-state index in [1.54, 1.807) is 26.0 Å². The minimum Gasteiger partial charge on any atom is -0.506 e. The van der Waals surface area contributed by atoms with Gasteiger partial charge in [-0.1, -0.05) is 30.2 Å². The second kappa shape index (κ2) is 9.92. The monoisotopic (exact) mass is 610 g/mol. The number of aliphatic hydroxyl groups excluding tert-OH is 1. The Hall–Kier alpha value is -3.69. The Morgan fingerprint density at radius 1 is 1.05 bits per heavy atom. The van der Waals surface area contributed by atoms with E-state index in [0.29, 0.717) is 36.3 Å². The topological polar surface area (TPSA) is 130 Å². The van der Waals surface area contributed by atoms with Crippen LogP contribution in [-0.4, -0.2) is 50.4 Å². The number of carboxylic acids is 1. The SMILES string of the molecule is C[C@]12C=CC(=O)C=C1CC[C@H]1[C@@H]3CC[C@](OC(=O)c4ccc(Oc5ccc(Cl)c(O)c5)cc4)(C(=O)O)[C@@]3(C)C[C@H](O)[C@@]12F. The number of allylic oxidation sites excluding steroid dienone is 4. The lowest BCUT2D eigenvalue weighted by atomic mass is 9.45. The maximum atomic E-state index is 17.3. The number of aliphatic hydroxyl groups is 1. The summed E-state index contributed by atoms with van der Waals surface area (Å²) in [4.78, 5) is 38.5. The molecule has 4 aliphatic carbocycles. The maximum absolute atomic E-state index is 17.3. The molecule has 43 heavy (non-hydrogen) atoms. The number of alkyl halides is 1. The van der Waals surface area contributed by atoms with E-state index >= 15 is 4.39 Å². The second-order valence-electron chi connectivity index (χ2n) is 12.6. The number of ether oxygens (including phenoxy) is 2. The van der Waals surface area contributed by atoms with E-state index < -0.39 is 52.0 Å². The molecule has 0 radical (unpaired) electrons. The Labute approximate surface area is 252 Å². The number of aromatic hydroxyl groups is 1. The summed E-state index contributed by atoms with van der Waals surface area (Å²) in [5, 5.41) is 32.0. The molecule has 0 heterocycles. The highest BCUT2D eigenvalue weighted by Gasteiger charge is 2.76. The van der Waals surface area contributed by atoms with Gasteiger partial charge in [-0.25, -0.2) is 14.0 Å². The van der Waals surface area contributed by atoms with E-state index in [1.807, 2.05) is 0 Å². The smallest absolute Gasteiger partial charge is 0.348 e. The zero-order valence-corrected chi connectivity index (χ0v) is 24.4. The molecule has 0 amide bonds. The van der Waals surface area contributed by atoms with E-state index in [2.05, 4.69) is 0 Å². The number of carboxylic acid groups (broad SMARTS) is 1. The van der Waals surface area contributed by atoms with Gasteiger partial charge in [-0.3, -0.25) is 4.79 Å². The summed E-state index contributed by atoms with van der Waals surface area (Å²) in [7, 11) is 0. The average Bonchev–Trinajstić information content (AvgIpc) is 3.24. The number of halogens is 2. The lowest BCUT2D eigenvalue weighted by molar-refractivity contribution is -0.222. The number of rotatable bonds is 5. The molecule has 6 rings (SSSR count). The van der Waals surface area contributed by atoms with Gasteiger partial charge in [0.15, 0.2) is 11.5 Å². The van der Waals surface area contributed by atoms with Gasteiger partial charge in [0.2, 0.25) is 5.60 Å². The van der Waals surface area contributed by atoms with E-state index in [1.165, 1.54) is 48.6 Å². The van der Waals surface area contributed by atoms with Crippen LogP contribution in [-0.2, 0) is 14.3 Å². The first kappa shape index (κ1) is 29.4. The Kier molecular flexibility index (Phi) is 6.78. The van der Waals surface area contributed by atoms with Crippen molar-refractivity contribution in [2.75, 3.05) is 0 Å². The van der Waals surface area contributed by atoms with Gasteiger partial charge in [0.05, 0.1) is 16.7 Å². The van der Waals surface area contributed by atoms with Crippen molar-refractivity contribution in [1.29, 1.82) is 0 Å². The number of esters is 1. The van der Waals surface area contributed by atoms with Crippen molar-refractivity contribution in [2.24, 2.45) is 22.7 Å². The van der Waals surface area contributed by atoms with Gasteiger partial charge in [0.1, 0.15) is 17.2 Å². The van der Waals surface area contributed by atoms with Crippen molar-refractivity contribution in [3.05, 3.63) is 76.9 Å². The summed E-state index contributed by atoms with van der Waals surface area (Å²) in [5.74, 6) is -3.08. The molecule has 2 aromatic carbocycles. The predicted octanol–water partition coefficient (Wildman–Crippen LogP) is 6.19. The molecule has 0 aliphatic heterocycles. The van der Waals surface area contributed by atoms with E-state index in [0.717, 1.165) is 0 Å². The fourth-order valence-electron chi connectivity index (χ4n) is 8.33. The molecule has 2 aromatic rings. The van der Waals surface area contributed by atoms with E-state index in [-0.39, 0.29) is 35.0 Å². The Bertz CT molecular complexity index is 1590. The third kappa shape index (κ3) is 4.15. The molecule has 0 saturated heterocycles. The Morgan fingerprint density at radius 3 is 2.42 bits per heavy atom. The first-order chi connectivity index (χ1) is 20.2. The normalized spacial score (nSPS) is 36.2. The van der Waals surface area contributed by atoms with Crippen molar-refractivity contribution in [1.82, 2.24) is 0 Å². The van der Waals surface area contributed by atoms with Crippen molar-refractivity contribution >= 4 is 29.3 Å². The fourth-order valence-corrected chi connectivity index (χ4v) is 8.45. The van der Waals surface area contributed by atoms with Gasteiger partial charge in [0.25, 0.3) is 0 Å². The third-order valence-electron chi connectivity index (χ3n) is 10.6. The van der Waals surface area contributed by atoms with Crippen LogP contribution in [0.15, 0.2) is 66.3 Å². The summed E-state index contributed by atoms with van der Waals surface area (Å²) in [5.41, 5.74) is -5.83. The van der Waals surface area contributed by atoms with Crippen LogP contribution >= 0.6 is 11.6 Å². The van der Waals surface area contributed by atoms with Crippen LogP contribution in [0.25, 0.3) is 0 Å². The second-order valence-corrected chi connectivity index (χ2v) is 13.0. The Balaban J connectivity index is 1.27. The average molecular weight is 611 g/mol. The first-order valence-electron chi connectivity index (χ1n) is 14.3. The molecule has 10 heteroatoms. The highest BCUT2D eigenvalue weighted by Crippen LogP contribution is 2.70. The van der Waals surface area contributed by atoms with Gasteiger partial charge in [-0.05, 0) is 93.5 Å². The lowest BCUT2D eigenvalue weighted by Gasteiger charge is -2.62. The van der Waals surface area contributed by atoms with Gasteiger partial charge in [0, 0.05) is 22.8 Å². The number of fused-ring (bicyclic) bond motifs is 5. The number of carbonyl (C=O) groups is 3. The molecule has 3 fully saturated rings. The molecule has 3 saturated carbocycles. The zero-order valence-electron chi connectivity index (χ0n) is 23.7. The standard InChI is InChI=1S/C33H32ClFO8/c1-30-13-11-20(36)15-19(30)5-9-24-23-12-14-32(29(40)41,31(23,2)17-27(38)33(24,30)35)43-28(39)18-3-6-21(7-4-18)42-22-8-10-25(34)26(37)16-22/h3-4,6-8,10-11,13,15-16,23-24,27,37-38H,5,9,12,14,17H2,1-2H3,(H,40,41)/t23-,24-,27-,30-,31-,32-,33-/m0/s1. The number of phenols is 1. The fraction of sp³-hybridized carbons (Fsp3) is 0.424. The zero-order chi connectivity index (χ0) is 30.9. The summed E-state index contributed by atoms with van der Waals surface area (Å²) in [6, 6.07) is 10.3. The van der Waals surface area contributed by atoms with Gasteiger partial charge < -0.3 is 24.8 Å². The van der Waals surface area contributed by atoms with Crippen molar-refractivity contribution < 1.29 is 43.6 Å². The molecule has 3 N–H and O–H groups in total. The summed E-state index contributed by atoms with van der Waals surface area (Å²) in [6.07, 6.45) is 3.62. The van der Waals surface area contributed by atoms with Crippen LogP contribution in [0.3, 0.4) is 0 Å². The van der Waals surface area contributed by atoms with E-state index in [9.17, 15) is 29.7 Å². The summed E-state index contributed by atoms with van der Waals surface area (Å²) >= 11 is 5.83. The van der Waals surface area contributed by atoms with Crippen LogP contribution in [0.4, 0.5) is 4.39 Å². The number of phenolic OH excluding ortho intramolecular Hbond substituents is 1. The Morgan fingerprint density at radius 2 is 1.74 bits per heavy atom. The predicted molar refractivity (Wildman–Crippen MR) is 154 cm³/mol. The molecule has 8 nitrogen and oxygen atoms in total. The summed E-state index contributed by atoms with van der Waals surface area (Å²) in [6.45, 7) is 3.38. The molecule has 7 atom stereocenters. The highest BCUT2D eigenvalue weighted by molar-refractivity contribution is 6.32. The van der Waals surface area contributed by atoms with E-state index in [4.69, 9.17) is 21.1 Å². The minimum absolute atomic E-state index is 0.0243. The molecular formula is C33H32ClFO8.